The predicted molar refractivity (Wildman–Crippen MR) is 88.8 cm³/mol. The van der Waals surface area contributed by atoms with Crippen molar-refractivity contribution in [2.24, 2.45) is 0 Å². The first-order valence-corrected chi connectivity index (χ1v) is 9.68. The summed E-state index contributed by atoms with van der Waals surface area (Å²) < 4.78 is 45.7. The molecule has 0 spiro atoms. The average molecular weight is 357 g/mol. The third-order valence-electron chi connectivity index (χ3n) is 4.60. The highest BCUT2D eigenvalue weighted by molar-refractivity contribution is 7.89. The fourth-order valence-electron chi connectivity index (χ4n) is 3.10. The van der Waals surface area contributed by atoms with Gasteiger partial charge < -0.3 is 4.74 Å². The van der Waals surface area contributed by atoms with Crippen LogP contribution >= 0.6 is 0 Å². The number of nitrogens with zero attached hydrogens (tertiary/aromatic N) is 1. The Hall–Kier alpha value is -1.47. The minimum Gasteiger partial charge on any atom is -0.465 e. The molecule has 0 aromatic heterocycles. The molecule has 0 radical (unpaired) electrons. The Morgan fingerprint density at radius 1 is 1.17 bits per heavy atom. The van der Waals surface area contributed by atoms with Gasteiger partial charge in [-0.2, -0.15) is 4.31 Å². The summed E-state index contributed by atoms with van der Waals surface area (Å²) in [5, 5.41) is 0. The Morgan fingerprint density at radius 3 is 2.33 bits per heavy atom. The molecule has 1 aromatic rings. The van der Waals surface area contributed by atoms with Gasteiger partial charge in [0.1, 0.15) is 10.7 Å². The minimum atomic E-state index is -4.01. The lowest BCUT2D eigenvalue weighted by molar-refractivity contribution is 0.0600. The highest BCUT2D eigenvalue weighted by Crippen LogP contribution is 2.27. The third kappa shape index (κ3) is 4.13. The molecule has 1 saturated carbocycles. The van der Waals surface area contributed by atoms with Crippen LogP contribution in [0.15, 0.2) is 23.1 Å². The molecule has 5 nitrogen and oxygen atoms in total. The number of halogens is 1. The van der Waals surface area contributed by atoms with Gasteiger partial charge in [0.05, 0.1) is 12.7 Å². The van der Waals surface area contributed by atoms with E-state index in [2.05, 4.69) is 4.74 Å². The zero-order valence-corrected chi connectivity index (χ0v) is 14.9. The van der Waals surface area contributed by atoms with Crippen LogP contribution < -0.4 is 0 Å². The largest absolute Gasteiger partial charge is 0.465 e. The predicted octanol–water partition coefficient (Wildman–Crippen LogP) is 3.35. The van der Waals surface area contributed by atoms with E-state index in [-0.39, 0.29) is 11.6 Å². The average Bonchev–Trinajstić information content (AvgIpc) is 2.53. The van der Waals surface area contributed by atoms with Gasteiger partial charge in [-0.3, -0.25) is 0 Å². The van der Waals surface area contributed by atoms with Crippen LogP contribution in [0, 0.1) is 5.82 Å². The molecule has 0 saturated heterocycles. The van der Waals surface area contributed by atoms with E-state index in [1.54, 1.807) is 0 Å². The topological polar surface area (TPSA) is 63.7 Å². The molecule has 24 heavy (non-hydrogen) atoms. The summed E-state index contributed by atoms with van der Waals surface area (Å²) in [5.74, 6) is -1.56. The molecule has 134 valence electrons. The van der Waals surface area contributed by atoms with E-state index in [4.69, 9.17) is 0 Å². The fourth-order valence-corrected chi connectivity index (χ4v) is 4.60. The van der Waals surface area contributed by atoms with Crippen molar-refractivity contribution in [3.8, 4) is 0 Å². The Morgan fingerprint density at radius 2 is 1.75 bits per heavy atom. The molecular weight excluding hydrogens is 333 g/mol. The first-order chi connectivity index (χ1) is 11.4. The lowest BCUT2D eigenvalue weighted by Crippen LogP contribution is -2.38. The molecule has 0 atom stereocenters. The second-order valence-corrected chi connectivity index (χ2v) is 8.12. The molecule has 0 unspecified atom stereocenters. The van der Waals surface area contributed by atoms with E-state index in [1.165, 1.54) is 30.9 Å². The number of esters is 1. The first-order valence-electron chi connectivity index (χ1n) is 8.24. The molecule has 0 amide bonds. The summed E-state index contributed by atoms with van der Waals surface area (Å²) in [7, 11) is -1.32. The van der Waals surface area contributed by atoms with Gasteiger partial charge in [-0.1, -0.05) is 32.1 Å². The molecule has 1 fully saturated rings. The molecule has 0 bridgehead atoms. The number of carbonyl (C=O) groups excluding carboxylic acids is 1. The molecular formula is C17H24FNO4S. The molecule has 1 aromatic carbocycles. The summed E-state index contributed by atoms with van der Waals surface area (Å²) in [6.07, 6.45) is 6.85. The standard InChI is InChI=1S/C17H24FNO4S/c1-19(14-8-6-4-3-5-7-9-14)24(21,22)16-12-13(17(20)23-2)10-11-15(16)18/h10-12,14H,3-9H2,1-2H3. The molecule has 0 heterocycles. The van der Waals surface area contributed by atoms with Gasteiger partial charge in [0, 0.05) is 13.1 Å². The quantitative estimate of drug-likeness (QED) is 0.775. The Balaban J connectivity index is 2.32. The lowest BCUT2D eigenvalue weighted by atomic mass is 9.97. The monoisotopic (exact) mass is 357 g/mol. The number of benzene rings is 1. The van der Waals surface area contributed by atoms with Crippen molar-refractivity contribution in [1.82, 2.24) is 4.31 Å². The molecule has 0 N–H and O–H groups in total. The van der Waals surface area contributed by atoms with Crippen LogP contribution in [0.25, 0.3) is 0 Å². The van der Waals surface area contributed by atoms with Crippen molar-refractivity contribution in [3.05, 3.63) is 29.6 Å². The van der Waals surface area contributed by atoms with Crippen LogP contribution in [0.2, 0.25) is 0 Å². The van der Waals surface area contributed by atoms with Crippen molar-refractivity contribution in [1.29, 1.82) is 0 Å². The van der Waals surface area contributed by atoms with Crippen LogP contribution in [-0.2, 0) is 14.8 Å². The molecule has 0 aliphatic heterocycles. The van der Waals surface area contributed by atoms with Crippen molar-refractivity contribution < 1.29 is 22.3 Å². The number of hydrogen-bond donors (Lipinski definition) is 0. The molecule has 2 rings (SSSR count). The SMILES string of the molecule is COC(=O)c1ccc(F)c(S(=O)(=O)N(C)C2CCCCCCC2)c1. The van der Waals surface area contributed by atoms with E-state index in [9.17, 15) is 17.6 Å². The Bertz CT molecular complexity index is 682. The van der Waals surface area contributed by atoms with Gasteiger partial charge in [-0.05, 0) is 31.0 Å². The van der Waals surface area contributed by atoms with Crippen molar-refractivity contribution in [3.63, 3.8) is 0 Å². The minimum absolute atomic E-state index is 0.0172. The molecule has 1 aliphatic rings. The van der Waals surface area contributed by atoms with Crippen molar-refractivity contribution in [2.75, 3.05) is 14.2 Å². The zero-order chi connectivity index (χ0) is 17.7. The van der Waals surface area contributed by atoms with Crippen molar-refractivity contribution in [2.45, 2.75) is 55.9 Å². The van der Waals surface area contributed by atoms with Gasteiger partial charge in [0.15, 0.2) is 0 Å². The van der Waals surface area contributed by atoms with E-state index >= 15 is 0 Å². The summed E-state index contributed by atoms with van der Waals surface area (Å²) in [6, 6.07) is 3.12. The van der Waals surface area contributed by atoms with Gasteiger partial charge in [-0.25, -0.2) is 17.6 Å². The van der Waals surface area contributed by atoms with Crippen LogP contribution in [-0.4, -0.2) is 38.9 Å². The van der Waals surface area contributed by atoms with Crippen LogP contribution in [0.3, 0.4) is 0 Å². The van der Waals surface area contributed by atoms with Gasteiger partial charge >= 0.3 is 5.97 Å². The van der Waals surface area contributed by atoms with Crippen LogP contribution in [0.1, 0.15) is 55.3 Å². The second-order valence-electron chi connectivity index (χ2n) is 6.16. The third-order valence-corrected chi connectivity index (χ3v) is 6.52. The summed E-state index contributed by atoms with van der Waals surface area (Å²) >= 11 is 0. The normalized spacial score (nSPS) is 17.3. The number of hydrogen-bond acceptors (Lipinski definition) is 4. The fraction of sp³-hybridized carbons (Fsp3) is 0.588. The number of carbonyl (C=O) groups is 1. The lowest BCUT2D eigenvalue weighted by Gasteiger charge is -2.29. The number of ether oxygens (including phenoxy) is 1. The maximum Gasteiger partial charge on any atom is 0.337 e. The Kier molecular flexibility index (Phi) is 6.34. The maximum atomic E-state index is 14.1. The molecule has 1 aliphatic carbocycles. The summed E-state index contributed by atoms with van der Waals surface area (Å²) in [5.41, 5.74) is 0.0172. The highest BCUT2D eigenvalue weighted by Gasteiger charge is 2.31. The smallest absolute Gasteiger partial charge is 0.337 e. The van der Waals surface area contributed by atoms with Gasteiger partial charge in [0.2, 0.25) is 10.0 Å². The van der Waals surface area contributed by atoms with E-state index in [1.807, 2.05) is 0 Å². The van der Waals surface area contributed by atoms with Crippen LogP contribution in [0.4, 0.5) is 4.39 Å². The number of methoxy groups -OCH3 is 1. The number of rotatable bonds is 4. The van der Waals surface area contributed by atoms with E-state index < -0.39 is 26.7 Å². The summed E-state index contributed by atoms with van der Waals surface area (Å²) in [6.45, 7) is 0. The molecule has 7 heteroatoms. The van der Waals surface area contributed by atoms with E-state index in [0.717, 1.165) is 50.7 Å². The van der Waals surface area contributed by atoms with Gasteiger partial charge in [0.25, 0.3) is 0 Å². The Labute approximate surface area is 142 Å². The van der Waals surface area contributed by atoms with E-state index in [0.29, 0.717) is 0 Å². The van der Waals surface area contributed by atoms with Crippen molar-refractivity contribution >= 4 is 16.0 Å². The maximum absolute atomic E-state index is 14.1. The summed E-state index contributed by atoms with van der Waals surface area (Å²) in [4.78, 5) is 11.1. The van der Waals surface area contributed by atoms with Gasteiger partial charge in [-0.15, -0.1) is 0 Å². The first kappa shape index (κ1) is 18.9. The van der Waals surface area contributed by atoms with Crippen LogP contribution in [0.5, 0.6) is 0 Å². The second kappa shape index (κ2) is 8.07. The zero-order valence-electron chi connectivity index (χ0n) is 14.1. The number of sulfonamides is 1. The highest BCUT2D eigenvalue weighted by atomic mass is 32.2.